The van der Waals surface area contributed by atoms with E-state index >= 15 is 0 Å². The fourth-order valence-corrected chi connectivity index (χ4v) is 1.94. The number of nitrogens with two attached hydrogens (primary N) is 1. The minimum Gasteiger partial charge on any atom is -0.480 e. The zero-order valence-electron chi connectivity index (χ0n) is 11.9. The van der Waals surface area contributed by atoms with Crippen molar-refractivity contribution in [3.63, 3.8) is 0 Å². The fourth-order valence-electron chi connectivity index (χ4n) is 1.94. The molecule has 1 unspecified atom stereocenters. The number of nitrogen functional groups attached to an aromatic ring is 1. The van der Waals surface area contributed by atoms with Gasteiger partial charge in [-0.15, -0.1) is 0 Å². The normalized spacial score (nSPS) is 13.5. The van der Waals surface area contributed by atoms with Crippen molar-refractivity contribution in [2.75, 3.05) is 5.73 Å². The number of hydrogen-bond acceptors (Lipinski definition) is 3. The SMILES string of the molecule is CCC(C)[C@H](NC(=O)CCc1cccc(N)c1)C(=O)O. The van der Waals surface area contributed by atoms with E-state index < -0.39 is 12.0 Å². The van der Waals surface area contributed by atoms with Gasteiger partial charge in [-0.3, -0.25) is 4.79 Å². The van der Waals surface area contributed by atoms with Crippen LogP contribution in [-0.4, -0.2) is 23.0 Å². The largest absolute Gasteiger partial charge is 0.480 e. The predicted octanol–water partition coefficient (Wildman–Crippen LogP) is 1.82. The number of aryl methyl sites for hydroxylation is 1. The summed E-state index contributed by atoms with van der Waals surface area (Å²) in [6.07, 6.45) is 1.50. The third-order valence-electron chi connectivity index (χ3n) is 3.39. The Bertz CT molecular complexity index is 474. The Morgan fingerprint density at radius 1 is 1.40 bits per heavy atom. The molecule has 4 N–H and O–H groups in total. The topological polar surface area (TPSA) is 92.4 Å². The molecule has 0 saturated carbocycles. The summed E-state index contributed by atoms with van der Waals surface area (Å²) in [6.45, 7) is 3.72. The van der Waals surface area contributed by atoms with Crippen molar-refractivity contribution >= 4 is 17.6 Å². The van der Waals surface area contributed by atoms with Crippen molar-refractivity contribution in [3.8, 4) is 0 Å². The molecule has 0 bridgehead atoms. The van der Waals surface area contributed by atoms with Crippen LogP contribution in [0.5, 0.6) is 0 Å². The van der Waals surface area contributed by atoms with Gasteiger partial charge in [0.05, 0.1) is 0 Å². The first kappa shape index (κ1) is 16.0. The molecule has 5 nitrogen and oxygen atoms in total. The highest BCUT2D eigenvalue weighted by atomic mass is 16.4. The first-order chi connectivity index (χ1) is 9.43. The summed E-state index contributed by atoms with van der Waals surface area (Å²) in [5.74, 6) is -1.33. The highest BCUT2D eigenvalue weighted by molar-refractivity contribution is 5.83. The van der Waals surface area contributed by atoms with Gasteiger partial charge in [0.15, 0.2) is 0 Å². The van der Waals surface area contributed by atoms with Crippen LogP contribution in [0.2, 0.25) is 0 Å². The second-order valence-electron chi connectivity index (χ2n) is 5.01. The number of aliphatic carboxylic acids is 1. The van der Waals surface area contributed by atoms with Crippen LogP contribution in [0, 0.1) is 5.92 Å². The number of carbonyl (C=O) groups is 2. The number of amides is 1. The molecule has 0 aliphatic rings. The molecular weight excluding hydrogens is 256 g/mol. The van der Waals surface area contributed by atoms with E-state index in [1.165, 1.54) is 0 Å². The molecule has 2 atom stereocenters. The molecule has 0 radical (unpaired) electrons. The maximum atomic E-state index is 11.8. The monoisotopic (exact) mass is 278 g/mol. The smallest absolute Gasteiger partial charge is 0.326 e. The van der Waals surface area contributed by atoms with Crippen molar-refractivity contribution in [1.29, 1.82) is 0 Å². The summed E-state index contributed by atoms with van der Waals surface area (Å²) >= 11 is 0. The van der Waals surface area contributed by atoms with Crippen molar-refractivity contribution in [3.05, 3.63) is 29.8 Å². The Kier molecular flexibility index (Phi) is 6.03. The molecule has 0 aromatic heterocycles. The Hall–Kier alpha value is -2.04. The summed E-state index contributed by atoms with van der Waals surface area (Å²) in [5.41, 5.74) is 7.29. The quantitative estimate of drug-likeness (QED) is 0.663. The molecule has 0 aliphatic carbocycles. The van der Waals surface area contributed by atoms with Gasteiger partial charge < -0.3 is 16.2 Å². The van der Waals surface area contributed by atoms with Crippen molar-refractivity contribution in [1.82, 2.24) is 5.32 Å². The molecule has 0 saturated heterocycles. The average molecular weight is 278 g/mol. The standard InChI is InChI=1S/C15H22N2O3/c1-3-10(2)14(15(19)20)17-13(18)8-7-11-5-4-6-12(16)9-11/h4-6,9-10,14H,3,7-8,16H2,1-2H3,(H,17,18)(H,19,20)/t10?,14-/m0/s1. The van der Waals surface area contributed by atoms with Crippen LogP contribution in [0.4, 0.5) is 5.69 Å². The number of carboxylic acids is 1. The van der Waals surface area contributed by atoms with Gasteiger partial charge in [0.2, 0.25) is 5.91 Å². The zero-order chi connectivity index (χ0) is 15.1. The average Bonchev–Trinajstić information content (AvgIpc) is 2.41. The summed E-state index contributed by atoms with van der Waals surface area (Å²) in [5, 5.41) is 11.7. The van der Waals surface area contributed by atoms with Gasteiger partial charge in [-0.25, -0.2) is 4.79 Å². The number of benzene rings is 1. The van der Waals surface area contributed by atoms with Gasteiger partial charge in [0, 0.05) is 12.1 Å². The van der Waals surface area contributed by atoms with Crippen LogP contribution < -0.4 is 11.1 Å². The second-order valence-corrected chi connectivity index (χ2v) is 5.01. The van der Waals surface area contributed by atoms with E-state index in [9.17, 15) is 9.59 Å². The summed E-state index contributed by atoms with van der Waals surface area (Å²) in [7, 11) is 0. The summed E-state index contributed by atoms with van der Waals surface area (Å²) in [6, 6.07) is 6.51. The molecule has 1 amide bonds. The van der Waals surface area contributed by atoms with Crippen molar-refractivity contribution in [2.24, 2.45) is 5.92 Å². The Morgan fingerprint density at radius 2 is 2.10 bits per heavy atom. The molecule has 20 heavy (non-hydrogen) atoms. The van der Waals surface area contributed by atoms with Crippen LogP contribution in [-0.2, 0) is 16.0 Å². The number of carboxylic acid groups (broad SMARTS) is 1. The maximum absolute atomic E-state index is 11.8. The van der Waals surface area contributed by atoms with Gasteiger partial charge in [-0.05, 0) is 30.0 Å². The van der Waals surface area contributed by atoms with E-state index in [1.54, 1.807) is 6.07 Å². The third-order valence-corrected chi connectivity index (χ3v) is 3.39. The van der Waals surface area contributed by atoms with Crippen LogP contribution >= 0.6 is 0 Å². The first-order valence-electron chi connectivity index (χ1n) is 6.80. The van der Waals surface area contributed by atoms with Gasteiger partial charge in [-0.1, -0.05) is 32.4 Å². The molecule has 0 spiro atoms. The van der Waals surface area contributed by atoms with Gasteiger partial charge in [0.1, 0.15) is 6.04 Å². The van der Waals surface area contributed by atoms with E-state index in [0.29, 0.717) is 18.5 Å². The van der Waals surface area contributed by atoms with Crippen molar-refractivity contribution < 1.29 is 14.7 Å². The van der Waals surface area contributed by atoms with Gasteiger partial charge in [0.25, 0.3) is 0 Å². The lowest BCUT2D eigenvalue weighted by molar-refractivity contribution is -0.143. The Morgan fingerprint density at radius 3 is 2.65 bits per heavy atom. The van der Waals surface area contributed by atoms with E-state index in [2.05, 4.69) is 5.32 Å². The zero-order valence-corrected chi connectivity index (χ0v) is 11.9. The number of rotatable bonds is 7. The molecule has 5 heteroatoms. The highest BCUT2D eigenvalue weighted by Gasteiger charge is 2.24. The van der Waals surface area contributed by atoms with Gasteiger partial charge >= 0.3 is 5.97 Å². The van der Waals surface area contributed by atoms with Crippen LogP contribution in [0.3, 0.4) is 0 Å². The van der Waals surface area contributed by atoms with Crippen LogP contribution in [0.15, 0.2) is 24.3 Å². The number of carbonyl (C=O) groups excluding carboxylic acids is 1. The van der Waals surface area contributed by atoms with E-state index in [-0.39, 0.29) is 18.2 Å². The number of anilines is 1. The molecule has 0 fully saturated rings. The molecule has 0 aliphatic heterocycles. The molecule has 1 rings (SSSR count). The minimum atomic E-state index is -0.989. The highest BCUT2D eigenvalue weighted by Crippen LogP contribution is 2.10. The summed E-state index contributed by atoms with van der Waals surface area (Å²) in [4.78, 5) is 23.0. The van der Waals surface area contributed by atoms with E-state index in [0.717, 1.165) is 5.56 Å². The van der Waals surface area contributed by atoms with E-state index in [4.69, 9.17) is 10.8 Å². The lowest BCUT2D eigenvalue weighted by Crippen LogP contribution is -2.45. The number of nitrogens with one attached hydrogen (secondary N) is 1. The predicted molar refractivity (Wildman–Crippen MR) is 78.2 cm³/mol. The third kappa shape index (κ3) is 4.91. The number of hydrogen-bond donors (Lipinski definition) is 3. The molecule has 0 heterocycles. The molecule has 1 aromatic rings. The lowest BCUT2D eigenvalue weighted by atomic mass is 9.99. The lowest BCUT2D eigenvalue weighted by Gasteiger charge is -2.20. The van der Waals surface area contributed by atoms with Gasteiger partial charge in [-0.2, -0.15) is 0 Å². The Balaban J connectivity index is 2.52. The van der Waals surface area contributed by atoms with Crippen molar-refractivity contribution in [2.45, 2.75) is 39.2 Å². The second kappa shape index (κ2) is 7.53. The van der Waals surface area contributed by atoms with E-state index in [1.807, 2.05) is 32.0 Å². The summed E-state index contributed by atoms with van der Waals surface area (Å²) < 4.78 is 0. The molecule has 110 valence electrons. The maximum Gasteiger partial charge on any atom is 0.326 e. The molecule has 1 aromatic carbocycles. The molecular formula is C15H22N2O3. The fraction of sp³-hybridized carbons (Fsp3) is 0.467. The Labute approximate surface area is 119 Å². The van der Waals surface area contributed by atoms with Crippen LogP contribution in [0.25, 0.3) is 0 Å². The van der Waals surface area contributed by atoms with Crippen LogP contribution in [0.1, 0.15) is 32.3 Å². The minimum absolute atomic E-state index is 0.0937. The first-order valence-corrected chi connectivity index (χ1v) is 6.80.